The number of anilines is 3. The molecule has 0 saturated carbocycles. The molecule has 2 N–H and O–H groups in total. The third-order valence-corrected chi connectivity index (χ3v) is 9.11. The van der Waals surface area contributed by atoms with Crippen LogP contribution in [0.15, 0.2) is 109 Å². The van der Waals surface area contributed by atoms with Crippen LogP contribution in [0.4, 0.5) is 17.1 Å². The van der Waals surface area contributed by atoms with Gasteiger partial charge in [0.1, 0.15) is 0 Å². The first-order valence-corrected chi connectivity index (χ1v) is 13.9. The second kappa shape index (κ2) is 8.69. The van der Waals surface area contributed by atoms with E-state index in [1.54, 1.807) is 6.07 Å². The van der Waals surface area contributed by atoms with Gasteiger partial charge in [0.2, 0.25) is 0 Å². The Morgan fingerprint density at radius 2 is 1.07 bits per heavy atom. The summed E-state index contributed by atoms with van der Waals surface area (Å²) in [6, 6.07) is 38.1. The lowest BCUT2D eigenvalue weighted by molar-refractivity contribution is 0.426. The zero-order valence-electron chi connectivity index (χ0n) is 23.3. The molecule has 0 atom stereocenters. The van der Waals surface area contributed by atoms with Crippen LogP contribution in [0.25, 0.3) is 22.3 Å². The van der Waals surface area contributed by atoms with Crippen LogP contribution in [0.5, 0.6) is 0 Å². The summed E-state index contributed by atoms with van der Waals surface area (Å²) in [5.74, 6) is 0. The van der Waals surface area contributed by atoms with E-state index in [9.17, 15) is 10.0 Å². The summed E-state index contributed by atoms with van der Waals surface area (Å²) in [5, 5.41) is 20.9. The van der Waals surface area contributed by atoms with Crippen molar-refractivity contribution in [1.82, 2.24) is 0 Å². The maximum absolute atomic E-state index is 10.5. The maximum Gasteiger partial charge on any atom is 0.490 e. The van der Waals surface area contributed by atoms with Gasteiger partial charge in [-0.2, -0.15) is 0 Å². The summed E-state index contributed by atoms with van der Waals surface area (Å²) in [7, 11) is -1.60. The molecule has 0 fully saturated rings. The fourth-order valence-corrected chi connectivity index (χ4v) is 7.07. The quantitative estimate of drug-likeness (QED) is 0.242. The number of fused-ring (bicyclic) bond motifs is 6. The monoisotopic (exact) mass is 521 g/mol. The molecule has 2 aliphatic carbocycles. The highest BCUT2D eigenvalue weighted by atomic mass is 16.4. The molecular weight excluding hydrogens is 489 g/mol. The van der Waals surface area contributed by atoms with E-state index in [0.717, 1.165) is 17.1 Å². The zero-order chi connectivity index (χ0) is 27.8. The van der Waals surface area contributed by atoms with E-state index < -0.39 is 7.12 Å². The molecule has 5 aromatic carbocycles. The van der Waals surface area contributed by atoms with Gasteiger partial charge in [-0.15, -0.1) is 0 Å². The summed E-state index contributed by atoms with van der Waals surface area (Å²) in [6.45, 7) is 9.14. The molecule has 0 saturated heterocycles. The van der Waals surface area contributed by atoms with Crippen molar-refractivity contribution in [2.75, 3.05) is 4.90 Å². The third kappa shape index (κ3) is 3.40. The Morgan fingerprint density at radius 1 is 0.525 bits per heavy atom. The van der Waals surface area contributed by atoms with Crippen LogP contribution >= 0.6 is 0 Å². The number of benzene rings is 5. The van der Waals surface area contributed by atoms with Crippen molar-refractivity contribution >= 4 is 29.6 Å². The van der Waals surface area contributed by atoms with Crippen molar-refractivity contribution in [2.24, 2.45) is 0 Å². The van der Waals surface area contributed by atoms with Crippen LogP contribution in [0.2, 0.25) is 0 Å². The van der Waals surface area contributed by atoms with Crippen molar-refractivity contribution < 1.29 is 10.0 Å². The summed E-state index contributed by atoms with van der Waals surface area (Å²) in [4.78, 5) is 2.21. The Morgan fingerprint density at radius 3 is 1.82 bits per heavy atom. The number of nitrogens with zero attached hydrogens (tertiary/aromatic N) is 1. The molecule has 196 valence electrons. The molecule has 4 heteroatoms. The molecule has 3 nitrogen and oxygen atoms in total. The average Bonchev–Trinajstić information content (AvgIpc) is 3.34. The Balaban J connectivity index is 1.52. The van der Waals surface area contributed by atoms with Gasteiger partial charge < -0.3 is 14.9 Å². The van der Waals surface area contributed by atoms with Crippen LogP contribution in [0, 0.1) is 0 Å². The van der Waals surface area contributed by atoms with E-state index in [4.69, 9.17) is 0 Å². The third-order valence-electron chi connectivity index (χ3n) is 9.11. The lowest BCUT2D eigenvalue weighted by Crippen LogP contribution is -2.34. The summed E-state index contributed by atoms with van der Waals surface area (Å²) in [6.07, 6.45) is 0. The van der Waals surface area contributed by atoms with Gasteiger partial charge >= 0.3 is 7.12 Å². The maximum atomic E-state index is 10.5. The first-order chi connectivity index (χ1) is 19.2. The highest BCUT2D eigenvalue weighted by molar-refractivity contribution is 6.60. The van der Waals surface area contributed by atoms with Crippen molar-refractivity contribution in [1.29, 1.82) is 0 Å². The van der Waals surface area contributed by atoms with Crippen LogP contribution in [-0.4, -0.2) is 17.2 Å². The van der Waals surface area contributed by atoms with E-state index >= 15 is 0 Å². The fraction of sp³-hybridized carbons (Fsp3) is 0.167. The van der Waals surface area contributed by atoms with Crippen LogP contribution < -0.4 is 10.4 Å². The molecule has 0 spiro atoms. The molecular formula is C36H32BNO2. The number of rotatable bonds is 4. The van der Waals surface area contributed by atoms with Gasteiger partial charge in [0.15, 0.2) is 0 Å². The molecule has 0 heterocycles. The first kappa shape index (κ1) is 24.9. The minimum Gasteiger partial charge on any atom is -0.423 e. The fourth-order valence-electron chi connectivity index (χ4n) is 7.07. The van der Waals surface area contributed by atoms with Crippen LogP contribution in [0.3, 0.4) is 0 Å². The van der Waals surface area contributed by atoms with E-state index in [-0.39, 0.29) is 10.8 Å². The highest BCUT2D eigenvalue weighted by Crippen LogP contribution is 2.55. The van der Waals surface area contributed by atoms with Gasteiger partial charge in [0.05, 0.1) is 5.69 Å². The Hall–Kier alpha value is -4.12. The summed E-state index contributed by atoms with van der Waals surface area (Å²) >= 11 is 0. The predicted molar refractivity (Wildman–Crippen MR) is 166 cm³/mol. The molecule has 0 aliphatic heterocycles. The van der Waals surface area contributed by atoms with Gasteiger partial charge in [0.25, 0.3) is 0 Å². The van der Waals surface area contributed by atoms with Crippen molar-refractivity contribution in [2.45, 2.75) is 38.5 Å². The average molecular weight is 521 g/mol. The number of para-hydroxylation sites is 1. The molecule has 0 aromatic heterocycles. The molecule has 5 aromatic rings. The van der Waals surface area contributed by atoms with E-state index in [1.165, 1.54) is 44.5 Å². The Bertz CT molecular complexity index is 1800. The zero-order valence-corrected chi connectivity index (χ0v) is 23.3. The molecule has 2 aliphatic rings. The second-order valence-electron chi connectivity index (χ2n) is 12.0. The Labute approximate surface area is 236 Å². The van der Waals surface area contributed by atoms with Gasteiger partial charge in [-0.05, 0) is 63.2 Å². The lowest BCUT2D eigenvalue weighted by atomic mass is 9.78. The topological polar surface area (TPSA) is 43.7 Å². The van der Waals surface area contributed by atoms with E-state index in [1.807, 2.05) is 18.2 Å². The standard InChI is InChI=1S/C36H32BNO2/c1-35(2)28-15-8-6-13-26(28)34-29(35)16-11-19-33(34)38(32-18-10-9-17-31(32)37(39)40)23-20-21-25-24-12-5-7-14-27(24)36(3,4)30(25)22-23/h5-22,39-40H,1-4H3. The summed E-state index contributed by atoms with van der Waals surface area (Å²) in [5.41, 5.74) is 13.0. The van der Waals surface area contributed by atoms with Crippen molar-refractivity contribution in [3.8, 4) is 22.3 Å². The van der Waals surface area contributed by atoms with Gasteiger partial charge in [-0.25, -0.2) is 0 Å². The normalized spacial score (nSPS) is 15.2. The SMILES string of the molecule is CC1(C)c2ccccc2-c2ccc(N(c3ccccc3B(O)O)c3cccc4c3-c3ccccc3C4(C)C)cc21. The van der Waals surface area contributed by atoms with Gasteiger partial charge in [-0.1, -0.05) is 113 Å². The van der Waals surface area contributed by atoms with Crippen LogP contribution in [-0.2, 0) is 10.8 Å². The largest absolute Gasteiger partial charge is 0.490 e. The Kier molecular flexibility index (Phi) is 5.41. The number of hydrogen-bond acceptors (Lipinski definition) is 3. The highest BCUT2D eigenvalue weighted by Gasteiger charge is 2.39. The first-order valence-electron chi connectivity index (χ1n) is 13.9. The molecule has 0 unspecified atom stereocenters. The molecule has 0 amide bonds. The van der Waals surface area contributed by atoms with E-state index in [0.29, 0.717) is 5.46 Å². The van der Waals surface area contributed by atoms with Gasteiger partial charge in [-0.3, -0.25) is 0 Å². The van der Waals surface area contributed by atoms with Crippen molar-refractivity contribution in [3.63, 3.8) is 0 Å². The molecule has 7 rings (SSSR count). The smallest absolute Gasteiger partial charge is 0.423 e. The molecule has 0 radical (unpaired) electrons. The van der Waals surface area contributed by atoms with Crippen molar-refractivity contribution in [3.05, 3.63) is 131 Å². The number of hydrogen-bond donors (Lipinski definition) is 2. The minimum absolute atomic E-state index is 0.148. The second-order valence-corrected chi connectivity index (χ2v) is 12.0. The molecule has 40 heavy (non-hydrogen) atoms. The molecule has 0 bridgehead atoms. The van der Waals surface area contributed by atoms with E-state index in [2.05, 4.69) is 118 Å². The van der Waals surface area contributed by atoms with Crippen LogP contribution in [0.1, 0.15) is 49.9 Å². The minimum atomic E-state index is -1.60. The lowest BCUT2D eigenvalue weighted by Gasteiger charge is -2.31. The summed E-state index contributed by atoms with van der Waals surface area (Å²) < 4.78 is 0. The van der Waals surface area contributed by atoms with Gasteiger partial charge in [0, 0.05) is 33.2 Å². The predicted octanol–water partition coefficient (Wildman–Crippen LogP) is 7.45.